The minimum atomic E-state index is -4.43. The van der Waals surface area contributed by atoms with E-state index in [0.29, 0.717) is 6.42 Å². The van der Waals surface area contributed by atoms with Gasteiger partial charge >= 0.3 is 6.18 Å². The third-order valence-corrected chi connectivity index (χ3v) is 4.11. The van der Waals surface area contributed by atoms with E-state index in [1.807, 2.05) is 16.8 Å². The SMILES string of the molecule is OC(Cc1ccsc1)c1ccc(Br)c(C(F)(F)F)c1. The predicted molar refractivity (Wildman–Crippen MR) is 72.1 cm³/mol. The van der Waals surface area contributed by atoms with E-state index in [9.17, 15) is 18.3 Å². The molecule has 102 valence electrons. The molecular weight excluding hydrogens is 341 g/mol. The van der Waals surface area contributed by atoms with E-state index in [0.717, 1.165) is 11.6 Å². The fourth-order valence-corrected chi connectivity index (χ4v) is 2.87. The topological polar surface area (TPSA) is 20.2 Å². The van der Waals surface area contributed by atoms with Crippen LogP contribution in [-0.2, 0) is 12.6 Å². The highest BCUT2D eigenvalue weighted by atomic mass is 79.9. The van der Waals surface area contributed by atoms with Gasteiger partial charge in [-0.05, 0) is 40.1 Å². The van der Waals surface area contributed by atoms with Crippen molar-refractivity contribution in [1.29, 1.82) is 0 Å². The monoisotopic (exact) mass is 350 g/mol. The number of alkyl halides is 3. The van der Waals surface area contributed by atoms with E-state index in [1.54, 1.807) is 0 Å². The molecule has 1 aromatic carbocycles. The summed E-state index contributed by atoms with van der Waals surface area (Å²) in [5.41, 5.74) is 0.407. The molecule has 19 heavy (non-hydrogen) atoms. The van der Waals surface area contributed by atoms with E-state index in [2.05, 4.69) is 15.9 Å². The first-order chi connectivity index (χ1) is 8.88. The van der Waals surface area contributed by atoms with E-state index in [4.69, 9.17) is 0 Å². The van der Waals surface area contributed by atoms with Gasteiger partial charge in [-0.15, -0.1) is 0 Å². The number of benzene rings is 1. The fourth-order valence-electron chi connectivity index (χ4n) is 1.72. The molecule has 1 aromatic heterocycles. The van der Waals surface area contributed by atoms with Crippen LogP contribution in [0.3, 0.4) is 0 Å². The largest absolute Gasteiger partial charge is 0.417 e. The highest BCUT2D eigenvalue weighted by Gasteiger charge is 2.33. The van der Waals surface area contributed by atoms with E-state index in [-0.39, 0.29) is 10.0 Å². The Morgan fingerprint density at radius 1 is 1.26 bits per heavy atom. The Morgan fingerprint density at radius 3 is 2.58 bits per heavy atom. The van der Waals surface area contributed by atoms with Crippen LogP contribution in [0.1, 0.15) is 22.8 Å². The van der Waals surface area contributed by atoms with Crippen LogP contribution in [0.25, 0.3) is 0 Å². The van der Waals surface area contributed by atoms with E-state index < -0.39 is 17.8 Å². The second-order valence-electron chi connectivity index (χ2n) is 4.09. The number of thiophene rings is 1. The number of halogens is 4. The van der Waals surface area contributed by atoms with Gasteiger partial charge in [0, 0.05) is 10.9 Å². The fraction of sp³-hybridized carbons (Fsp3) is 0.231. The normalized spacial score (nSPS) is 13.5. The van der Waals surface area contributed by atoms with Crippen molar-refractivity contribution in [1.82, 2.24) is 0 Å². The predicted octanol–water partition coefficient (Wildman–Crippen LogP) is 4.81. The lowest BCUT2D eigenvalue weighted by molar-refractivity contribution is -0.138. The Labute approximate surface area is 120 Å². The minimum Gasteiger partial charge on any atom is -0.388 e. The summed E-state index contributed by atoms with van der Waals surface area (Å²) in [4.78, 5) is 0. The first kappa shape index (κ1) is 14.6. The molecular formula is C13H10BrF3OS. The number of hydrogen-bond acceptors (Lipinski definition) is 2. The molecule has 0 aliphatic rings. The molecule has 1 nitrogen and oxygen atoms in total. The third-order valence-electron chi connectivity index (χ3n) is 2.69. The van der Waals surface area contributed by atoms with Gasteiger partial charge in [-0.1, -0.05) is 22.0 Å². The molecule has 0 amide bonds. The van der Waals surface area contributed by atoms with Crippen molar-refractivity contribution in [2.45, 2.75) is 18.7 Å². The van der Waals surface area contributed by atoms with Crippen molar-refractivity contribution >= 4 is 27.3 Å². The Balaban J connectivity index is 2.25. The van der Waals surface area contributed by atoms with Gasteiger partial charge in [-0.25, -0.2) is 0 Å². The second-order valence-corrected chi connectivity index (χ2v) is 5.72. The summed E-state index contributed by atoms with van der Waals surface area (Å²) >= 11 is 4.36. The van der Waals surface area contributed by atoms with Crippen LogP contribution >= 0.6 is 27.3 Å². The van der Waals surface area contributed by atoms with Gasteiger partial charge in [-0.2, -0.15) is 24.5 Å². The summed E-state index contributed by atoms with van der Waals surface area (Å²) in [5.74, 6) is 0. The van der Waals surface area contributed by atoms with Crippen molar-refractivity contribution in [3.05, 3.63) is 56.2 Å². The van der Waals surface area contributed by atoms with Crippen molar-refractivity contribution < 1.29 is 18.3 Å². The van der Waals surface area contributed by atoms with Crippen LogP contribution in [-0.4, -0.2) is 5.11 Å². The lowest BCUT2D eigenvalue weighted by Gasteiger charge is -2.14. The molecule has 1 N–H and O–H groups in total. The maximum absolute atomic E-state index is 12.8. The quantitative estimate of drug-likeness (QED) is 0.842. The van der Waals surface area contributed by atoms with Crippen LogP contribution in [0.2, 0.25) is 0 Å². The van der Waals surface area contributed by atoms with Crippen LogP contribution < -0.4 is 0 Å². The van der Waals surface area contributed by atoms with Gasteiger partial charge in [-0.3, -0.25) is 0 Å². The van der Waals surface area contributed by atoms with Crippen LogP contribution in [0, 0.1) is 0 Å². The van der Waals surface area contributed by atoms with Gasteiger partial charge in [0.25, 0.3) is 0 Å². The average molecular weight is 351 g/mol. The molecule has 6 heteroatoms. The van der Waals surface area contributed by atoms with Crippen molar-refractivity contribution in [2.24, 2.45) is 0 Å². The highest BCUT2D eigenvalue weighted by molar-refractivity contribution is 9.10. The van der Waals surface area contributed by atoms with E-state index >= 15 is 0 Å². The maximum atomic E-state index is 12.8. The highest BCUT2D eigenvalue weighted by Crippen LogP contribution is 2.36. The second kappa shape index (κ2) is 5.64. The average Bonchev–Trinajstić information content (AvgIpc) is 2.80. The van der Waals surface area contributed by atoms with Gasteiger partial charge < -0.3 is 5.11 Å². The zero-order valence-corrected chi connectivity index (χ0v) is 12.0. The number of aliphatic hydroxyl groups is 1. The van der Waals surface area contributed by atoms with Gasteiger partial charge in [0.1, 0.15) is 0 Å². The molecule has 0 saturated heterocycles. The lowest BCUT2D eigenvalue weighted by Crippen LogP contribution is -2.09. The number of hydrogen-bond donors (Lipinski definition) is 1. The Hall–Kier alpha value is -0.850. The summed E-state index contributed by atoms with van der Waals surface area (Å²) in [6.07, 6.45) is -5.07. The van der Waals surface area contributed by atoms with Gasteiger partial charge in [0.15, 0.2) is 0 Å². The molecule has 0 fully saturated rings. The summed E-state index contributed by atoms with van der Waals surface area (Å²) in [5, 5.41) is 13.7. The zero-order valence-electron chi connectivity index (χ0n) is 9.62. The Bertz CT molecular complexity index is 552. The molecule has 0 bridgehead atoms. The van der Waals surface area contributed by atoms with Crippen LogP contribution in [0.5, 0.6) is 0 Å². The van der Waals surface area contributed by atoms with Crippen molar-refractivity contribution in [3.8, 4) is 0 Å². The molecule has 0 aliphatic carbocycles. The first-order valence-corrected chi connectivity index (χ1v) is 7.17. The zero-order chi connectivity index (χ0) is 14.0. The number of aliphatic hydroxyl groups excluding tert-OH is 1. The van der Waals surface area contributed by atoms with Crippen LogP contribution in [0.15, 0.2) is 39.5 Å². The van der Waals surface area contributed by atoms with E-state index in [1.165, 1.54) is 23.5 Å². The van der Waals surface area contributed by atoms with Crippen molar-refractivity contribution in [2.75, 3.05) is 0 Å². The molecule has 0 aliphatic heterocycles. The lowest BCUT2D eigenvalue weighted by atomic mass is 10.0. The first-order valence-electron chi connectivity index (χ1n) is 5.43. The molecule has 1 unspecified atom stereocenters. The molecule has 0 saturated carbocycles. The molecule has 0 spiro atoms. The summed E-state index contributed by atoms with van der Waals surface area (Å²) < 4.78 is 38.3. The smallest absolute Gasteiger partial charge is 0.388 e. The maximum Gasteiger partial charge on any atom is 0.417 e. The van der Waals surface area contributed by atoms with Crippen LogP contribution in [0.4, 0.5) is 13.2 Å². The molecule has 2 aromatic rings. The standard InChI is InChI=1S/C13H10BrF3OS/c14-11-2-1-9(6-10(11)13(15,16)17)12(18)5-8-3-4-19-7-8/h1-4,6-7,12,18H,5H2. The third kappa shape index (κ3) is 3.58. The Morgan fingerprint density at radius 2 is 2.00 bits per heavy atom. The molecule has 1 heterocycles. The van der Waals surface area contributed by atoms with Crippen molar-refractivity contribution in [3.63, 3.8) is 0 Å². The Kier molecular flexibility index (Phi) is 4.32. The molecule has 0 radical (unpaired) electrons. The van der Waals surface area contributed by atoms with Gasteiger partial charge in [0.2, 0.25) is 0 Å². The number of rotatable bonds is 3. The molecule has 1 atom stereocenters. The summed E-state index contributed by atoms with van der Waals surface area (Å²) in [7, 11) is 0. The van der Waals surface area contributed by atoms with Gasteiger partial charge in [0.05, 0.1) is 11.7 Å². The summed E-state index contributed by atoms with van der Waals surface area (Å²) in [6, 6.07) is 5.64. The summed E-state index contributed by atoms with van der Waals surface area (Å²) in [6.45, 7) is 0. The minimum absolute atomic E-state index is 0.0218. The molecule has 2 rings (SSSR count).